The van der Waals surface area contributed by atoms with Crippen LogP contribution in [0.15, 0.2) is 36.5 Å². The minimum atomic E-state index is 0.606. The van der Waals surface area contributed by atoms with E-state index in [1.807, 2.05) is 0 Å². The molecule has 0 amide bonds. The zero-order chi connectivity index (χ0) is 14.1. The summed E-state index contributed by atoms with van der Waals surface area (Å²) in [5, 5.41) is 8.36. The van der Waals surface area contributed by atoms with Crippen LogP contribution >= 0.6 is 0 Å². The van der Waals surface area contributed by atoms with E-state index in [-0.39, 0.29) is 0 Å². The third kappa shape index (κ3) is 2.57. The quantitative estimate of drug-likeness (QED) is 0.916. The van der Waals surface area contributed by atoms with Crippen molar-refractivity contribution in [3.05, 3.63) is 47.8 Å². The smallest absolute Gasteiger partial charge is 0.0630 e. The van der Waals surface area contributed by atoms with Crippen molar-refractivity contribution < 1.29 is 0 Å². The molecule has 1 saturated carbocycles. The summed E-state index contributed by atoms with van der Waals surface area (Å²) in [6, 6.07) is 11.6. The molecule has 1 aromatic carbocycles. The minimum Gasteiger partial charge on any atom is -0.385 e. The van der Waals surface area contributed by atoms with E-state index in [0.29, 0.717) is 12.0 Å². The van der Waals surface area contributed by atoms with Crippen LogP contribution in [0.3, 0.4) is 0 Å². The van der Waals surface area contributed by atoms with E-state index in [1.165, 1.54) is 49.0 Å². The lowest BCUT2D eigenvalue weighted by Crippen LogP contribution is -2.18. The molecule has 21 heavy (non-hydrogen) atoms. The van der Waals surface area contributed by atoms with Crippen molar-refractivity contribution in [3.8, 4) is 0 Å². The second-order valence-electron chi connectivity index (χ2n) is 6.43. The summed E-state index contributed by atoms with van der Waals surface area (Å²) in [4.78, 5) is 0. The highest BCUT2D eigenvalue weighted by molar-refractivity contribution is 5.54. The van der Waals surface area contributed by atoms with Gasteiger partial charge in [0.05, 0.1) is 11.7 Å². The summed E-state index contributed by atoms with van der Waals surface area (Å²) in [6.45, 7) is 1.07. The van der Waals surface area contributed by atoms with E-state index in [4.69, 9.17) is 5.10 Å². The van der Waals surface area contributed by atoms with Gasteiger partial charge in [-0.15, -0.1) is 0 Å². The van der Waals surface area contributed by atoms with Crippen LogP contribution in [0.1, 0.15) is 55.3 Å². The highest BCUT2D eigenvalue weighted by atomic mass is 15.3. The minimum absolute atomic E-state index is 0.606. The first-order valence-electron chi connectivity index (χ1n) is 8.27. The van der Waals surface area contributed by atoms with Crippen molar-refractivity contribution in [2.75, 3.05) is 11.9 Å². The largest absolute Gasteiger partial charge is 0.385 e. The molecule has 4 rings (SSSR count). The van der Waals surface area contributed by atoms with Crippen LogP contribution in [0.2, 0.25) is 0 Å². The molecule has 3 heteroatoms. The summed E-state index contributed by atoms with van der Waals surface area (Å²) in [5.41, 5.74) is 4.02. The van der Waals surface area contributed by atoms with Gasteiger partial charge in [0.15, 0.2) is 0 Å². The monoisotopic (exact) mass is 281 g/mol. The predicted molar refractivity (Wildman–Crippen MR) is 85.7 cm³/mol. The molecule has 3 nitrogen and oxygen atoms in total. The number of rotatable bonds is 3. The molecular formula is C18H23N3. The number of hydrogen-bond acceptors (Lipinski definition) is 2. The first-order chi connectivity index (χ1) is 10.4. The lowest BCUT2D eigenvalue weighted by Gasteiger charge is -2.26. The van der Waals surface area contributed by atoms with E-state index in [1.54, 1.807) is 0 Å². The summed E-state index contributed by atoms with van der Waals surface area (Å²) in [6.07, 6.45) is 9.79. The third-order valence-electron chi connectivity index (χ3n) is 5.03. The van der Waals surface area contributed by atoms with Crippen molar-refractivity contribution in [3.63, 3.8) is 0 Å². The van der Waals surface area contributed by atoms with Gasteiger partial charge in [0.2, 0.25) is 0 Å². The van der Waals surface area contributed by atoms with Gasteiger partial charge >= 0.3 is 0 Å². The Morgan fingerprint density at radius 1 is 1.10 bits per heavy atom. The van der Waals surface area contributed by atoms with E-state index >= 15 is 0 Å². The Hall–Kier alpha value is -1.77. The van der Waals surface area contributed by atoms with Crippen LogP contribution in [-0.4, -0.2) is 16.3 Å². The van der Waals surface area contributed by atoms with Gasteiger partial charge < -0.3 is 5.32 Å². The van der Waals surface area contributed by atoms with Gasteiger partial charge in [0.1, 0.15) is 0 Å². The van der Waals surface area contributed by atoms with E-state index in [2.05, 4.69) is 46.5 Å². The highest BCUT2D eigenvalue weighted by Gasteiger charge is 2.22. The average molecular weight is 281 g/mol. The number of anilines is 1. The van der Waals surface area contributed by atoms with Crippen molar-refractivity contribution >= 4 is 5.69 Å². The van der Waals surface area contributed by atoms with E-state index < -0.39 is 0 Å². The van der Waals surface area contributed by atoms with Gasteiger partial charge in [-0.2, -0.15) is 5.10 Å². The molecule has 2 aliphatic rings. The Labute approximate surface area is 126 Å². The van der Waals surface area contributed by atoms with E-state index in [0.717, 1.165) is 13.0 Å². The molecule has 1 aliphatic heterocycles. The number of aromatic nitrogens is 2. The van der Waals surface area contributed by atoms with Crippen LogP contribution < -0.4 is 5.32 Å². The lowest BCUT2D eigenvalue weighted by molar-refractivity contribution is 0.460. The second-order valence-corrected chi connectivity index (χ2v) is 6.43. The molecule has 1 atom stereocenters. The first kappa shape index (κ1) is 12.9. The fourth-order valence-corrected chi connectivity index (χ4v) is 3.87. The van der Waals surface area contributed by atoms with Gasteiger partial charge in [-0.1, -0.05) is 31.0 Å². The number of nitrogens with zero attached hydrogens (tertiary/aromatic N) is 2. The molecule has 1 aliphatic carbocycles. The molecule has 2 aromatic rings. The fraction of sp³-hybridized carbons (Fsp3) is 0.500. The molecule has 1 N–H and O–H groups in total. The standard InChI is InChI=1S/C18H23N3/c1-2-6-16(5-1)21-12-10-15(20-21)13-14-9-11-19-18-8-4-3-7-17(14)18/h3-4,7-8,10,12,14,16,19H,1-2,5-6,9,11,13H2. The zero-order valence-corrected chi connectivity index (χ0v) is 12.5. The van der Waals surface area contributed by atoms with Crippen LogP contribution in [0, 0.1) is 0 Å². The molecule has 0 bridgehead atoms. The lowest BCUT2D eigenvalue weighted by atomic mass is 9.87. The Morgan fingerprint density at radius 2 is 1.95 bits per heavy atom. The average Bonchev–Trinajstić information content (AvgIpc) is 3.18. The van der Waals surface area contributed by atoms with E-state index in [9.17, 15) is 0 Å². The van der Waals surface area contributed by atoms with Crippen LogP contribution in [0.25, 0.3) is 0 Å². The van der Waals surface area contributed by atoms with Crippen LogP contribution in [0.4, 0.5) is 5.69 Å². The maximum absolute atomic E-state index is 4.86. The second kappa shape index (κ2) is 5.55. The maximum Gasteiger partial charge on any atom is 0.0630 e. The summed E-state index contributed by atoms with van der Waals surface area (Å²) in [5.74, 6) is 0.606. The molecule has 1 unspecified atom stereocenters. The van der Waals surface area contributed by atoms with Gasteiger partial charge in [-0.25, -0.2) is 0 Å². The van der Waals surface area contributed by atoms with Crippen molar-refractivity contribution in [2.24, 2.45) is 0 Å². The Morgan fingerprint density at radius 3 is 2.86 bits per heavy atom. The molecular weight excluding hydrogens is 258 g/mol. The number of nitrogens with one attached hydrogen (secondary N) is 1. The van der Waals surface area contributed by atoms with Gasteiger partial charge in [-0.05, 0) is 49.3 Å². The predicted octanol–water partition coefficient (Wildman–Crippen LogP) is 4.14. The Kier molecular flexibility index (Phi) is 3.42. The number of fused-ring (bicyclic) bond motifs is 1. The van der Waals surface area contributed by atoms with Gasteiger partial charge in [-0.3, -0.25) is 4.68 Å². The summed E-state index contributed by atoms with van der Waals surface area (Å²) in [7, 11) is 0. The van der Waals surface area contributed by atoms with Crippen LogP contribution in [0.5, 0.6) is 0 Å². The third-order valence-corrected chi connectivity index (χ3v) is 5.03. The Balaban J connectivity index is 1.51. The Bertz CT molecular complexity index is 610. The molecule has 0 saturated heterocycles. The molecule has 2 heterocycles. The summed E-state index contributed by atoms with van der Waals surface area (Å²) >= 11 is 0. The normalized spacial score (nSPS) is 22.0. The topological polar surface area (TPSA) is 29.9 Å². The summed E-state index contributed by atoms with van der Waals surface area (Å²) < 4.78 is 2.22. The molecule has 1 aromatic heterocycles. The molecule has 0 radical (unpaired) electrons. The molecule has 110 valence electrons. The van der Waals surface area contributed by atoms with Crippen LogP contribution in [-0.2, 0) is 6.42 Å². The number of benzene rings is 1. The van der Waals surface area contributed by atoms with Gasteiger partial charge in [0, 0.05) is 18.4 Å². The molecule has 1 fully saturated rings. The zero-order valence-electron chi connectivity index (χ0n) is 12.5. The maximum atomic E-state index is 4.86. The number of hydrogen-bond donors (Lipinski definition) is 1. The highest BCUT2D eigenvalue weighted by Crippen LogP contribution is 2.34. The van der Waals surface area contributed by atoms with Crippen molar-refractivity contribution in [2.45, 2.75) is 50.5 Å². The van der Waals surface area contributed by atoms with Gasteiger partial charge in [0.25, 0.3) is 0 Å². The SMILES string of the molecule is c1ccc2c(c1)NCCC2Cc1ccn(C2CCCC2)n1. The van der Waals surface area contributed by atoms with Crippen molar-refractivity contribution in [1.82, 2.24) is 9.78 Å². The molecule has 0 spiro atoms. The first-order valence-corrected chi connectivity index (χ1v) is 8.27. The fourth-order valence-electron chi connectivity index (χ4n) is 3.87. The van der Waals surface area contributed by atoms with Crippen molar-refractivity contribution in [1.29, 1.82) is 0 Å². The number of para-hydroxylation sites is 1.